The summed E-state index contributed by atoms with van der Waals surface area (Å²) in [5, 5.41) is 9.79. The molecule has 18 heavy (non-hydrogen) atoms. The topological polar surface area (TPSA) is 46.5 Å². The molecule has 2 aromatic carbocycles. The Bertz CT molecular complexity index is 597. The van der Waals surface area contributed by atoms with E-state index in [0.717, 1.165) is 0 Å². The van der Waals surface area contributed by atoms with E-state index in [1.165, 1.54) is 6.07 Å². The van der Waals surface area contributed by atoms with Gasteiger partial charge in [0.1, 0.15) is 11.3 Å². The van der Waals surface area contributed by atoms with Gasteiger partial charge in [-0.2, -0.15) is 0 Å². The third kappa shape index (κ3) is 2.75. The number of hydrogen-bond donors (Lipinski definition) is 1. The molecular weight excluding hydrogens is 275 g/mol. The highest BCUT2D eigenvalue weighted by Gasteiger charge is 2.15. The lowest BCUT2D eigenvalue weighted by Crippen LogP contribution is -2.00. The Labute approximate surface area is 114 Å². The van der Waals surface area contributed by atoms with Crippen molar-refractivity contribution in [1.29, 1.82) is 0 Å². The Kier molecular flexibility index (Phi) is 3.75. The van der Waals surface area contributed by atoms with E-state index in [4.69, 9.17) is 33.0 Å². The minimum atomic E-state index is -1.10. The van der Waals surface area contributed by atoms with Crippen molar-refractivity contribution in [3.63, 3.8) is 0 Å². The molecule has 0 aliphatic heterocycles. The van der Waals surface area contributed by atoms with Crippen molar-refractivity contribution in [2.75, 3.05) is 0 Å². The van der Waals surface area contributed by atoms with Crippen molar-refractivity contribution in [1.82, 2.24) is 0 Å². The van der Waals surface area contributed by atoms with Crippen LogP contribution in [0.15, 0.2) is 42.5 Å². The fourth-order valence-electron chi connectivity index (χ4n) is 1.43. The zero-order valence-corrected chi connectivity index (χ0v) is 10.6. The van der Waals surface area contributed by atoms with Crippen molar-refractivity contribution in [3.8, 4) is 11.5 Å². The first-order chi connectivity index (χ1) is 8.58. The van der Waals surface area contributed by atoms with E-state index >= 15 is 0 Å². The Balaban J connectivity index is 2.42. The summed E-state index contributed by atoms with van der Waals surface area (Å²) < 4.78 is 5.49. The van der Waals surface area contributed by atoms with E-state index in [-0.39, 0.29) is 16.3 Å². The van der Waals surface area contributed by atoms with Crippen LogP contribution in [0.3, 0.4) is 0 Å². The van der Waals surface area contributed by atoms with Gasteiger partial charge in [-0.25, -0.2) is 4.79 Å². The molecule has 1 N–H and O–H groups in total. The summed E-state index contributed by atoms with van der Waals surface area (Å²) >= 11 is 11.8. The molecule has 0 bridgehead atoms. The lowest BCUT2D eigenvalue weighted by Gasteiger charge is -2.10. The van der Waals surface area contributed by atoms with Gasteiger partial charge in [-0.15, -0.1) is 0 Å². The van der Waals surface area contributed by atoms with Gasteiger partial charge in [-0.05, 0) is 30.3 Å². The minimum Gasteiger partial charge on any atom is -0.478 e. The van der Waals surface area contributed by atoms with Gasteiger partial charge in [0, 0.05) is 5.02 Å². The maximum Gasteiger partial charge on any atom is 0.339 e. The number of carboxylic acid groups (broad SMARTS) is 1. The van der Waals surface area contributed by atoms with Gasteiger partial charge >= 0.3 is 5.97 Å². The quantitative estimate of drug-likeness (QED) is 0.903. The van der Waals surface area contributed by atoms with Gasteiger partial charge in [-0.1, -0.05) is 35.3 Å². The Morgan fingerprint density at radius 2 is 1.83 bits per heavy atom. The van der Waals surface area contributed by atoms with E-state index in [2.05, 4.69) is 0 Å². The van der Waals surface area contributed by atoms with E-state index in [0.29, 0.717) is 10.8 Å². The number of hydrogen-bond acceptors (Lipinski definition) is 2. The first-order valence-corrected chi connectivity index (χ1v) is 5.79. The van der Waals surface area contributed by atoms with Crippen molar-refractivity contribution in [2.24, 2.45) is 0 Å². The highest BCUT2D eigenvalue weighted by atomic mass is 35.5. The molecule has 0 fully saturated rings. The minimum absolute atomic E-state index is 0.00229. The van der Waals surface area contributed by atoms with Crippen LogP contribution in [0.4, 0.5) is 0 Å². The molecule has 0 aliphatic rings. The molecule has 0 aromatic heterocycles. The van der Waals surface area contributed by atoms with Crippen LogP contribution in [0.1, 0.15) is 10.4 Å². The molecule has 0 atom stereocenters. The molecule has 2 aromatic rings. The number of para-hydroxylation sites is 1. The number of rotatable bonds is 3. The van der Waals surface area contributed by atoms with E-state index in [9.17, 15) is 4.79 Å². The second-order valence-electron chi connectivity index (χ2n) is 3.48. The van der Waals surface area contributed by atoms with Crippen LogP contribution < -0.4 is 4.74 Å². The summed E-state index contributed by atoms with van der Waals surface area (Å²) in [6, 6.07) is 11.2. The third-order valence-corrected chi connectivity index (χ3v) is 2.75. The highest BCUT2D eigenvalue weighted by Crippen LogP contribution is 2.33. The summed E-state index contributed by atoms with van der Waals surface area (Å²) in [5.41, 5.74) is 0.00229. The van der Waals surface area contributed by atoms with Crippen LogP contribution in [-0.2, 0) is 0 Å². The monoisotopic (exact) mass is 282 g/mol. The lowest BCUT2D eigenvalue weighted by molar-refractivity contribution is 0.0694. The molecule has 0 saturated heterocycles. The maximum absolute atomic E-state index is 11.1. The summed E-state index contributed by atoms with van der Waals surface area (Å²) in [6.45, 7) is 0. The molecule has 0 unspecified atom stereocenters. The predicted octanol–water partition coefficient (Wildman–Crippen LogP) is 4.48. The molecule has 92 valence electrons. The van der Waals surface area contributed by atoms with Crippen molar-refractivity contribution >= 4 is 29.2 Å². The van der Waals surface area contributed by atoms with Gasteiger partial charge < -0.3 is 9.84 Å². The maximum atomic E-state index is 11.1. The zero-order valence-electron chi connectivity index (χ0n) is 9.06. The van der Waals surface area contributed by atoms with Crippen molar-refractivity contribution in [2.45, 2.75) is 0 Å². The largest absolute Gasteiger partial charge is 0.478 e. The van der Waals surface area contributed by atoms with Crippen LogP contribution in [0.25, 0.3) is 0 Å². The number of benzene rings is 2. The third-order valence-electron chi connectivity index (χ3n) is 2.21. The number of carboxylic acids is 1. The highest BCUT2D eigenvalue weighted by molar-refractivity contribution is 6.32. The lowest BCUT2D eigenvalue weighted by atomic mass is 10.2. The molecule has 5 heteroatoms. The average Bonchev–Trinajstić information content (AvgIpc) is 2.31. The number of carbonyl (C=O) groups is 1. The van der Waals surface area contributed by atoms with Crippen LogP contribution in [-0.4, -0.2) is 11.1 Å². The van der Waals surface area contributed by atoms with E-state index in [1.807, 2.05) is 0 Å². The van der Waals surface area contributed by atoms with E-state index in [1.54, 1.807) is 36.4 Å². The molecule has 3 nitrogen and oxygen atoms in total. The Morgan fingerprint density at radius 1 is 1.11 bits per heavy atom. The fourth-order valence-corrected chi connectivity index (χ4v) is 1.82. The van der Waals surface area contributed by atoms with Crippen molar-refractivity contribution < 1.29 is 14.6 Å². The van der Waals surface area contributed by atoms with Crippen LogP contribution >= 0.6 is 23.2 Å². The van der Waals surface area contributed by atoms with Crippen LogP contribution in [0.5, 0.6) is 11.5 Å². The summed E-state index contributed by atoms with van der Waals surface area (Å²) in [7, 11) is 0. The second kappa shape index (κ2) is 5.29. The average molecular weight is 283 g/mol. The first-order valence-electron chi connectivity index (χ1n) is 5.03. The fraction of sp³-hybridized carbons (Fsp3) is 0. The van der Waals surface area contributed by atoms with Gasteiger partial charge in [-0.3, -0.25) is 0 Å². The van der Waals surface area contributed by atoms with Gasteiger partial charge in [0.25, 0.3) is 0 Å². The summed E-state index contributed by atoms with van der Waals surface area (Å²) in [6.07, 6.45) is 0. The number of aromatic carboxylic acids is 1. The van der Waals surface area contributed by atoms with Crippen LogP contribution in [0.2, 0.25) is 10.0 Å². The van der Waals surface area contributed by atoms with Gasteiger partial charge in [0.05, 0.1) is 5.02 Å². The molecule has 0 radical (unpaired) electrons. The zero-order chi connectivity index (χ0) is 13.1. The predicted molar refractivity (Wildman–Crippen MR) is 69.9 cm³/mol. The first kappa shape index (κ1) is 12.7. The number of halogens is 2. The molecule has 2 rings (SSSR count). The molecule has 0 saturated carbocycles. The smallest absolute Gasteiger partial charge is 0.339 e. The van der Waals surface area contributed by atoms with Gasteiger partial charge in [0.2, 0.25) is 0 Å². The number of ether oxygens (including phenoxy) is 1. The Morgan fingerprint density at radius 3 is 2.50 bits per heavy atom. The summed E-state index contributed by atoms with van der Waals surface area (Å²) in [5.74, 6) is -0.568. The molecular formula is C13H8Cl2O3. The van der Waals surface area contributed by atoms with Crippen molar-refractivity contribution in [3.05, 3.63) is 58.1 Å². The van der Waals surface area contributed by atoms with Crippen LogP contribution in [0, 0.1) is 0 Å². The van der Waals surface area contributed by atoms with Gasteiger partial charge in [0.15, 0.2) is 5.75 Å². The molecule has 0 spiro atoms. The molecule has 0 aliphatic carbocycles. The van der Waals surface area contributed by atoms with E-state index < -0.39 is 5.97 Å². The summed E-state index contributed by atoms with van der Waals surface area (Å²) in [4.78, 5) is 11.1. The Hall–Kier alpha value is -1.71. The molecule has 0 amide bonds. The second-order valence-corrected chi connectivity index (χ2v) is 4.32. The standard InChI is InChI=1S/C13H8Cl2O3/c14-8-3-1-4-9(7-8)18-12-10(13(16)17)5-2-6-11(12)15/h1-7H,(H,16,17). The SMILES string of the molecule is O=C(O)c1cccc(Cl)c1Oc1cccc(Cl)c1. The normalized spacial score (nSPS) is 10.1. The molecule has 0 heterocycles.